The van der Waals surface area contributed by atoms with E-state index in [0.29, 0.717) is 6.61 Å². The third-order valence-corrected chi connectivity index (χ3v) is 3.45. The molecule has 1 heterocycles. The zero-order valence-electron chi connectivity index (χ0n) is 11.1. The monoisotopic (exact) mass is 249 g/mol. The maximum atomic E-state index is 12.2. The second-order valence-corrected chi connectivity index (χ2v) is 4.54. The van der Waals surface area contributed by atoms with Gasteiger partial charge in [-0.05, 0) is 38.3 Å². The Balaban J connectivity index is 2.44. The maximum Gasteiger partial charge on any atom is 0.416 e. The van der Waals surface area contributed by atoms with Crippen LogP contribution < -0.4 is 4.90 Å². The number of amides is 1. The molecule has 0 aliphatic carbocycles. The molecule has 0 saturated carbocycles. The summed E-state index contributed by atoms with van der Waals surface area (Å²) in [5.41, 5.74) is 1.40. The third-order valence-electron chi connectivity index (χ3n) is 3.45. The van der Waals surface area contributed by atoms with Gasteiger partial charge in [-0.25, -0.2) is 9.69 Å². The van der Waals surface area contributed by atoms with Crippen molar-refractivity contribution in [1.29, 1.82) is 0 Å². The summed E-state index contributed by atoms with van der Waals surface area (Å²) < 4.78 is 10.7. The topological polar surface area (TPSA) is 38.8 Å². The van der Waals surface area contributed by atoms with Gasteiger partial charge in [0.2, 0.25) is 0 Å². The first-order valence-electron chi connectivity index (χ1n) is 6.22. The molecule has 2 rings (SSSR count). The van der Waals surface area contributed by atoms with Gasteiger partial charge in [-0.3, -0.25) is 0 Å². The average molecular weight is 249 g/mol. The van der Waals surface area contributed by atoms with Crippen molar-refractivity contribution in [2.45, 2.75) is 32.4 Å². The van der Waals surface area contributed by atoms with E-state index in [2.05, 4.69) is 0 Å². The number of rotatable bonds is 2. The van der Waals surface area contributed by atoms with Crippen molar-refractivity contribution in [2.75, 3.05) is 18.6 Å². The molecule has 0 spiro atoms. The Hall–Kier alpha value is -1.55. The van der Waals surface area contributed by atoms with Crippen molar-refractivity contribution in [1.82, 2.24) is 0 Å². The largest absolute Gasteiger partial charge is 0.449 e. The summed E-state index contributed by atoms with van der Waals surface area (Å²) in [6, 6.07) is 7.88. The third kappa shape index (κ3) is 2.08. The first-order chi connectivity index (χ1) is 8.62. The minimum atomic E-state index is -0.638. The van der Waals surface area contributed by atoms with Gasteiger partial charge in [0.25, 0.3) is 0 Å². The van der Waals surface area contributed by atoms with E-state index >= 15 is 0 Å². The molecule has 1 aliphatic heterocycles. The van der Waals surface area contributed by atoms with Gasteiger partial charge in [0.05, 0.1) is 12.3 Å². The zero-order chi connectivity index (χ0) is 13.2. The number of benzene rings is 1. The second kappa shape index (κ2) is 4.98. The first-order valence-corrected chi connectivity index (χ1v) is 6.22. The molecule has 1 aromatic rings. The van der Waals surface area contributed by atoms with Crippen molar-refractivity contribution in [3.63, 3.8) is 0 Å². The van der Waals surface area contributed by atoms with Crippen LogP contribution in [-0.4, -0.2) is 25.5 Å². The lowest BCUT2D eigenvalue weighted by Gasteiger charge is -2.43. The van der Waals surface area contributed by atoms with Crippen LogP contribution in [-0.2, 0) is 15.9 Å². The molecule has 0 radical (unpaired) electrons. The predicted molar refractivity (Wildman–Crippen MR) is 69.7 cm³/mol. The van der Waals surface area contributed by atoms with E-state index in [9.17, 15) is 4.79 Å². The number of carbonyl (C=O) groups is 1. The van der Waals surface area contributed by atoms with Crippen LogP contribution in [0.15, 0.2) is 24.3 Å². The summed E-state index contributed by atoms with van der Waals surface area (Å²) in [6.07, 6.45) is 1.31. The standard InChI is InChI=1S/C14H19NO3/c1-4-18-13(16)15-12-8-6-5-7-11(12)9-10-14(15,2)17-3/h5-8H,4,9-10H2,1-3H3. The summed E-state index contributed by atoms with van der Waals surface area (Å²) in [7, 11) is 1.63. The van der Waals surface area contributed by atoms with Crippen molar-refractivity contribution in [3.05, 3.63) is 29.8 Å². The van der Waals surface area contributed by atoms with E-state index in [0.717, 1.165) is 24.1 Å². The second-order valence-electron chi connectivity index (χ2n) is 4.54. The van der Waals surface area contributed by atoms with Crippen LogP contribution in [0.5, 0.6) is 0 Å². The Kier molecular flexibility index (Phi) is 3.57. The minimum absolute atomic E-state index is 0.353. The van der Waals surface area contributed by atoms with Gasteiger partial charge in [0.15, 0.2) is 0 Å². The van der Waals surface area contributed by atoms with Gasteiger partial charge < -0.3 is 9.47 Å². The minimum Gasteiger partial charge on any atom is -0.449 e. The van der Waals surface area contributed by atoms with Crippen molar-refractivity contribution < 1.29 is 14.3 Å². The zero-order valence-corrected chi connectivity index (χ0v) is 11.1. The molecule has 0 saturated heterocycles. The van der Waals surface area contributed by atoms with E-state index in [1.54, 1.807) is 18.9 Å². The molecular formula is C14H19NO3. The van der Waals surface area contributed by atoms with Crippen LogP contribution >= 0.6 is 0 Å². The number of nitrogens with zero attached hydrogens (tertiary/aromatic N) is 1. The summed E-state index contributed by atoms with van der Waals surface area (Å²) in [4.78, 5) is 13.8. The Labute approximate surface area is 107 Å². The smallest absolute Gasteiger partial charge is 0.416 e. The molecule has 1 atom stereocenters. The molecule has 4 heteroatoms. The number of hydrogen-bond acceptors (Lipinski definition) is 3. The SMILES string of the molecule is CCOC(=O)N1c2ccccc2CCC1(C)OC. The molecule has 1 unspecified atom stereocenters. The number of methoxy groups -OCH3 is 1. The fourth-order valence-electron chi connectivity index (χ4n) is 2.35. The van der Waals surface area contributed by atoms with Gasteiger partial charge in [-0.1, -0.05) is 18.2 Å². The fourth-order valence-corrected chi connectivity index (χ4v) is 2.35. The van der Waals surface area contributed by atoms with Crippen LogP contribution in [0.2, 0.25) is 0 Å². The van der Waals surface area contributed by atoms with E-state index in [-0.39, 0.29) is 6.09 Å². The van der Waals surface area contributed by atoms with Crippen molar-refractivity contribution in [3.8, 4) is 0 Å². The molecule has 0 N–H and O–H groups in total. The number of carbonyl (C=O) groups excluding carboxylic acids is 1. The van der Waals surface area contributed by atoms with Gasteiger partial charge >= 0.3 is 6.09 Å². The molecular weight excluding hydrogens is 230 g/mol. The van der Waals surface area contributed by atoms with Crippen LogP contribution in [0.3, 0.4) is 0 Å². The van der Waals surface area contributed by atoms with Crippen LogP contribution in [0.1, 0.15) is 25.8 Å². The molecule has 1 aromatic carbocycles. The van der Waals surface area contributed by atoms with Crippen LogP contribution in [0, 0.1) is 0 Å². The van der Waals surface area contributed by atoms with E-state index < -0.39 is 5.72 Å². The molecule has 0 bridgehead atoms. The number of anilines is 1. The Morgan fingerprint density at radius 2 is 2.17 bits per heavy atom. The Morgan fingerprint density at radius 3 is 2.83 bits per heavy atom. The highest BCUT2D eigenvalue weighted by Gasteiger charge is 2.41. The van der Waals surface area contributed by atoms with Gasteiger partial charge in [0.1, 0.15) is 5.72 Å². The number of para-hydroxylation sites is 1. The Bertz CT molecular complexity index is 446. The molecule has 98 valence electrons. The highest BCUT2D eigenvalue weighted by molar-refractivity contribution is 5.90. The molecule has 1 aliphatic rings. The summed E-state index contributed by atoms with van der Waals surface area (Å²) in [6.45, 7) is 4.08. The number of aryl methyl sites for hydroxylation is 1. The molecule has 0 aromatic heterocycles. The summed E-state index contributed by atoms with van der Waals surface area (Å²) >= 11 is 0. The van der Waals surface area contributed by atoms with Gasteiger partial charge in [0, 0.05) is 7.11 Å². The van der Waals surface area contributed by atoms with Crippen LogP contribution in [0.4, 0.5) is 10.5 Å². The highest BCUT2D eigenvalue weighted by Crippen LogP contribution is 2.37. The molecule has 4 nitrogen and oxygen atoms in total. The van der Waals surface area contributed by atoms with E-state index in [4.69, 9.17) is 9.47 Å². The normalized spacial score (nSPS) is 22.5. The van der Waals surface area contributed by atoms with Crippen molar-refractivity contribution >= 4 is 11.8 Å². The molecule has 18 heavy (non-hydrogen) atoms. The summed E-state index contributed by atoms with van der Waals surface area (Å²) in [5.74, 6) is 0. The van der Waals surface area contributed by atoms with E-state index in [1.165, 1.54) is 0 Å². The lowest BCUT2D eigenvalue weighted by atomic mass is 9.94. The highest BCUT2D eigenvalue weighted by atomic mass is 16.6. The van der Waals surface area contributed by atoms with Gasteiger partial charge in [-0.15, -0.1) is 0 Å². The Morgan fingerprint density at radius 1 is 1.44 bits per heavy atom. The quantitative estimate of drug-likeness (QED) is 0.808. The number of hydrogen-bond donors (Lipinski definition) is 0. The fraction of sp³-hybridized carbons (Fsp3) is 0.500. The van der Waals surface area contributed by atoms with Crippen molar-refractivity contribution in [2.24, 2.45) is 0 Å². The molecule has 0 fully saturated rings. The lowest BCUT2D eigenvalue weighted by Crippen LogP contribution is -2.54. The number of ether oxygens (including phenoxy) is 2. The first kappa shape index (κ1) is 12.9. The number of fused-ring (bicyclic) bond motifs is 1. The maximum absolute atomic E-state index is 12.2. The van der Waals surface area contributed by atoms with Crippen LogP contribution in [0.25, 0.3) is 0 Å². The lowest BCUT2D eigenvalue weighted by molar-refractivity contribution is -0.00752. The predicted octanol–water partition coefficient (Wildman–Crippen LogP) is 2.96. The summed E-state index contributed by atoms with van der Waals surface area (Å²) in [5, 5.41) is 0. The van der Waals surface area contributed by atoms with E-state index in [1.807, 2.05) is 31.2 Å². The average Bonchev–Trinajstić information content (AvgIpc) is 2.38. The van der Waals surface area contributed by atoms with Gasteiger partial charge in [-0.2, -0.15) is 0 Å². The molecule has 1 amide bonds.